The van der Waals surface area contributed by atoms with Crippen LogP contribution in [0, 0.1) is 6.42 Å². The second-order valence-corrected chi connectivity index (χ2v) is 3.12. The Labute approximate surface area is 71.8 Å². The zero-order valence-electron chi connectivity index (χ0n) is 8.27. The molecule has 0 atom stereocenters. The van der Waals surface area contributed by atoms with E-state index in [1.54, 1.807) is 0 Å². The van der Waals surface area contributed by atoms with Crippen LogP contribution in [0.15, 0.2) is 0 Å². The number of nitrogens with zero attached hydrogens (tertiary/aromatic N) is 1. The lowest BCUT2D eigenvalue weighted by molar-refractivity contribution is 0.346. The zero-order valence-corrected chi connectivity index (χ0v) is 8.27. The molecule has 1 nitrogen and oxygen atoms in total. The van der Waals surface area contributed by atoms with E-state index in [4.69, 9.17) is 0 Å². The van der Waals surface area contributed by atoms with E-state index < -0.39 is 0 Å². The third-order valence-electron chi connectivity index (χ3n) is 1.98. The standard InChI is InChI=1S/C10H22N/c1-4-6-7-8-9-10-11(3)5-2/h7H,4-6,8-10H2,1-3H3. The van der Waals surface area contributed by atoms with Gasteiger partial charge >= 0.3 is 0 Å². The van der Waals surface area contributed by atoms with E-state index in [0.717, 1.165) is 0 Å². The monoisotopic (exact) mass is 156 g/mol. The molecule has 0 amide bonds. The molecule has 0 heterocycles. The Morgan fingerprint density at radius 2 is 1.91 bits per heavy atom. The van der Waals surface area contributed by atoms with Gasteiger partial charge in [-0.2, -0.15) is 0 Å². The van der Waals surface area contributed by atoms with E-state index >= 15 is 0 Å². The lowest BCUT2D eigenvalue weighted by Gasteiger charge is -2.12. The summed E-state index contributed by atoms with van der Waals surface area (Å²) in [5, 5.41) is 0. The molecule has 0 aliphatic rings. The fourth-order valence-corrected chi connectivity index (χ4v) is 1.01. The summed E-state index contributed by atoms with van der Waals surface area (Å²) >= 11 is 0. The van der Waals surface area contributed by atoms with Crippen molar-refractivity contribution < 1.29 is 0 Å². The Hall–Kier alpha value is -0.0400. The SMILES string of the molecule is CCC[CH]CCCN(C)CC. The van der Waals surface area contributed by atoms with Gasteiger partial charge in [0.15, 0.2) is 0 Å². The Bertz CT molecular complexity index is 71.3. The van der Waals surface area contributed by atoms with Crippen LogP contribution < -0.4 is 0 Å². The maximum Gasteiger partial charge on any atom is -0.00218 e. The van der Waals surface area contributed by atoms with Gasteiger partial charge in [0, 0.05) is 0 Å². The number of hydrogen-bond acceptors (Lipinski definition) is 1. The summed E-state index contributed by atoms with van der Waals surface area (Å²) in [6.07, 6.45) is 7.60. The van der Waals surface area contributed by atoms with E-state index in [1.165, 1.54) is 38.8 Å². The van der Waals surface area contributed by atoms with Gasteiger partial charge in [-0.05, 0) is 39.4 Å². The van der Waals surface area contributed by atoms with E-state index in [9.17, 15) is 0 Å². The molecular weight excluding hydrogens is 134 g/mol. The van der Waals surface area contributed by atoms with Crippen LogP contribution in [0.5, 0.6) is 0 Å². The van der Waals surface area contributed by atoms with Crippen molar-refractivity contribution >= 4 is 0 Å². The molecular formula is C10H22N. The molecule has 67 valence electrons. The van der Waals surface area contributed by atoms with Crippen LogP contribution in [0.2, 0.25) is 0 Å². The molecule has 0 bridgehead atoms. The van der Waals surface area contributed by atoms with Crippen LogP contribution in [0.3, 0.4) is 0 Å². The highest BCUT2D eigenvalue weighted by Gasteiger charge is 1.93. The van der Waals surface area contributed by atoms with Crippen LogP contribution in [0.4, 0.5) is 0 Å². The fraction of sp³-hybridized carbons (Fsp3) is 0.900. The summed E-state index contributed by atoms with van der Waals surface area (Å²) in [7, 11) is 2.18. The maximum absolute atomic E-state index is 2.41. The predicted molar refractivity (Wildman–Crippen MR) is 51.6 cm³/mol. The quantitative estimate of drug-likeness (QED) is 0.512. The number of rotatable bonds is 7. The van der Waals surface area contributed by atoms with E-state index in [1.807, 2.05) is 0 Å². The van der Waals surface area contributed by atoms with E-state index in [2.05, 4.69) is 32.2 Å². The molecule has 0 saturated heterocycles. The van der Waals surface area contributed by atoms with Gasteiger partial charge in [0.25, 0.3) is 0 Å². The topological polar surface area (TPSA) is 3.24 Å². The second kappa shape index (κ2) is 8.06. The molecule has 0 aromatic heterocycles. The zero-order chi connectivity index (χ0) is 8.53. The van der Waals surface area contributed by atoms with Crippen LogP contribution >= 0.6 is 0 Å². The minimum absolute atomic E-state index is 1.17. The summed E-state index contributed by atoms with van der Waals surface area (Å²) in [6.45, 7) is 6.86. The molecule has 0 saturated carbocycles. The van der Waals surface area contributed by atoms with Crippen LogP contribution in [0.1, 0.15) is 39.5 Å². The summed E-state index contributed by atoms with van der Waals surface area (Å²) in [6, 6.07) is 0. The molecule has 0 aliphatic carbocycles. The van der Waals surface area contributed by atoms with Crippen molar-refractivity contribution in [3.05, 3.63) is 6.42 Å². The molecule has 0 aromatic carbocycles. The van der Waals surface area contributed by atoms with Crippen molar-refractivity contribution in [2.75, 3.05) is 20.1 Å². The van der Waals surface area contributed by atoms with Gasteiger partial charge in [0.1, 0.15) is 0 Å². The summed E-state index contributed by atoms with van der Waals surface area (Å²) in [5.41, 5.74) is 0. The molecule has 0 aliphatic heterocycles. The van der Waals surface area contributed by atoms with Crippen molar-refractivity contribution in [1.29, 1.82) is 0 Å². The van der Waals surface area contributed by atoms with Crippen LogP contribution in [-0.4, -0.2) is 25.0 Å². The Morgan fingerprint density at radius 1 is 1.18 bits per heavy atom. The minimum atomic E-state index is 1.17. The van der Waals surface area contributed by atoms with Crippen molar-refractivity contribution in [3.8, 4) is 0 Å². The van der Waals surface area contributed by atoms with Crippen molar-refractivity contribution in [2.24, 2.45) is 0 Å². The normalized spacial score (nSPS) is 10.9. The lowest BCUT2D eigenvalue weighted by Crippen LogP contribution is -2.18. The smallest absolute Gasteiger partial charge is 0.00218 e. The van der Waals surface area contributed by atoms with Gasteiger partial charge in [0.05, 0.1) is 0 Å². The minimum Gasteiger partial charge on any atom is -0.307 e. The number of hydrogen-bond donors (Lipinski definition) is 0. The third-order valence-corrected chi connectivity index (χ3v) is 1.98. The van der Waals surface area contributed by atoms with Crippen molar-refractivity contribution in [3.63, 3.8) is 0 Å². The Morgan fingerprint density at radius 3 is 2.45 bits per heavy atom. The highest BCUT2D eigenvalue weighted by atomic mass is 15.1. The van der Waals surface area contributed by atoms with Gasteiger partial charge in [-0.25, -0.2) is 0 Å². The fourth-order valence-electron chi connectivity index (χ4n) is 1.01. The largest absolute Gasteiger partial charge is 0.307 e. The predicted octanol–water partition coefficient (Wildman–Crippen LogP) is 2.72. The van der Waals surface area contributed by atoms with Crippen LogP contribution in [0.25, 0.3) is 0 Å². The summed E-state index contributed by atoms with van der Waals surface area (Å²) in [5.74, 6) is 0. The van der Waals surface area contributed by atoms with Crippen molar-refractivity contribution in [2.45, 2.75) is 39.5 Å². The highest BCUT2D eigenvalue weighted by molar-refractivity contribution is 4.64. The first kappa shape index (κ1) is 11.0. The molecule has 0 rings (SSSR count). The van der Waals surface area contributed by atoms with Gasteiger partial charge in [-0.3, -0.25) is 0 Å². The maximum atomic E-state index is 2.41. The molecule has 1 heteroatoms. The first-order chi connectivity index (χ1) is 5.31. The lowest BCUT2D eigenvalue weighted by atomic mass is 10.1. The van der Waals surface area contributed by atoms with Crippen LogP contribution in [-0.2, 0) is 0 Å². The first-order valence-electron chi connectivity index (χ1n) is 4.81. The Balaban J connectivity index is 2.89. The molecule has 0 unspecified atom stereocenters. The molecule has 1 radical (unpaired) electrons. The van der Waals surface area contributed by atoms with E-state index in [-0.39, 0.29) is 0 Å². The van der Waals surface area contributed by atoms with E-state index in [0.29, 0.717) is 0 Å². The number of unbranched alkanes of at least 4 members (excludes halogenated alkanes) is 4. The van der Waals surface area contributed by atoms with Gasteiger partial charge < -0.3 is 4.90 Å². The van der Waals surface area contributed by atoms with Gasteiger partial charge in [-0.1, -0.05) is 26.7 Å². The van der Waals surface area contributed by atoms with Crippen molar-refractivity contribution in [1.82, 2.24) is 4.90 Å². The third kappa shape index (κ3) is 7.86. The molecule has 0 spiro atoms. The highest BCUT2D eigenvalue weighted by Crippen LogP contribution is 2.01. The molecule has 11 heavy (non-hydrogen) atoms. The summed E-state index contributed by atoms with van der Waals surface area (Å²) < 4.78 is 0. The first-order valence-corrected chi connectivity index (χ1v) is 4.81. The second-order valence-electron chi connectivity index (χ2n) is 3.12. The average Bonchev–Trinajstić information content (AvgIpc) is 2.04. The molecule has 0 fully saturated rings. The van der Waals surface area contributed by atoms with Gasteiger partial charge in [0.2, 0.25) is 0 Å². The summed E-state index contributed by atoms with van der Waals surface area (Å²) in [4.78, 5) is 2.36. The molecule has 0 N–H and O–H groups in total. The molecule has 0 aromatic rings. The average molecular weight is 156 g/mol. The Kier molecular flexibility index (Phi) is 8.03. The van der Waals surface area contributed by atoms with Gasteiger partial charge in [-0.15, -0.1) is 0 Å².